The predicted molar refractivity (Wildman–Crippen MR) is 76.4 cm³/mol. The first-order valence-corrected chi connectivity index (χ1v) is 8.49. The summed E-state index contributed by atoms with van der Waals surface area (Å²) < 4.78 is 0. The van der Waals surface area contributed by atoms with Crippen molar-refractivity contribution in [2.24, 2.45) is 17.8 Å². The van der Waals surface area contributed by atoms with Crippen molar-refractivity contribution in [1.29, 1.82) is 0 Å². The average Bonchev–Trinajstić information content (AvgIpc) is 2.77. The smallest absolute Gasteiger partial charge is 0.0659 e. The topological polar surface area (TPSA) is 20.2 Å². The van der Waals surface area contributed by atoms with E-state index < -0.39 is 0 Å². The lowest BCUT2D eigenvalue weighted by molar-refractivity contribution is 0.0722. The molecule has 0 amide bonds. The van der Waals surface area contributed by atoms with E-state index in [2.05, 4.69) is 13.8 Å². The van der Waals surface area contributed by atoms with Crippen LogP contribution in [-0.2, 0) is 0 Å². The third-order valence-corrected chi connectivity index (χ3v) is 6.04. The molecule has 3 atom stereocenters. The molecule has 3 unspecified atom stereocenters. The van der Waals surface area contributed by atoms with Crippen molar-refractivity contribution in [3.05, 3.63) is 0 Å². The summed E-state index contributed by atoms with van der Waals surface area (Å²) in [4.78, 5) is 0. The van der Waals surface area contributed by atoms with E-state index >= 15 is 0 Å². The fourth-order valence-electron chi connectivity index (χ4n) is 3.75. The van der Waals surface area contributed by atoms with Crippen LogP contribution in [0.25, 0.3) is 0 Å². The molecule has 2 aliphatic rings. The SMILES string of the molecule is CC1CC(C)CC(C(O)CSC2CCCC2)C1. The Bertz CT molecular complexity index is 215. The van der Waals surface area contributed by atoms with Gasteiger partial charge in [0.25, 0.3) is 0 Å². The second-order valence-electron chi connectivity index (χ2n) is 6.48. The minimum atomic E-state index is -0.0502. The maximum atomic E-state index is 10.3. The summed E-state index contributed by atoms with van der Waals surface area (Å²) in [7, 11) is 0. The van der Waals surface area contributed by atoms with Crippen molar-refractivity contribution >= 4 is 11.8 Å². The van der Waals surface area contributed by atoms with Crippen LogP contribution in [0.1, 0.15) is 58.8 Å². The highest BCUT2D eigenvalue weighted by molar-refractivity contribution is 7.99. The van der Waals surface area contributed by atoms with E-state index in [0.29, 0.717) is 5.92 Å². The summed E-state index contributed by atoms with van der Waals surface area (Å²) in [5.41, 5.74) is 0. The summed E-state index contributed by atoms with van der Waals surface area (Å²) in [5.74, 6) is 3.18. The molecule has 0 aromatic heterocycles. The molecule has 2 saturated carbocycles. The van der Waals surface area contributed by atoms with Gasteiger partial charge in [0, 0.05) is 11.0 Å². The zero-order chi connectivity index (χ0) is 12.3. The molecule has 0 aromatic rings. The molecule has 1 nitrogen and oxygen atoms in total. The van der Waals surface area contributed by atoms with Gasteiger partial charge in [-0.15, -0.1) is 0 Å². The molecule has 0 bridgehead atoms. The van der Waals surface area contributed by atoms with Gasteiger partial charge in [0.05, 0.1) is 6.10 Å². The molecule has 0 spiro atoms. The van der Waals surface area contributed by atoms with Gasteiger partial charge in [-0.25, -0.2) is 0 Å². The Hall–Kier alpha value is 0.310. The Kier molecular flexibility index (Phi) is 5.23. The summed E-state index contributed by atoms with van der Waals surface area (Å²) in [6.07, 6.45) is 9.39. The van der Waals surface area contributed by atoms with Crippen LogP contribution in [0.2, 0.25) is 0 Å². The highest BCUT2D eigenvalue weighted by atomic mass is 32.2. The molecule has 17 heavy (non-hydrogen) atoms. The van der Waals surface area contributed by atoms with Gasteiger partial charge in [-0.05, 0) is 49.9 Å². The molecule has 0 heterocycles. The summed E-state index contributed by atoms with van der Waals surface area (Å²) in [6, 6.07) is 0. The third kappa shape index (κ3) is 4.17. The second kappa shape index (κ2) is 6.47. The molecular formula is C15H28OS. The largest absolute Gasteiger partial charge is 0.392 e. The van der Waals surface area contributed by atoms with Gasteiger partial charge in [0.1, 0.15) is 0 Å². The van der Waals surface area contributed by atoms with E-state index in [-0.39, 0.29) is 6.10 Å². The van der Waals surface area contributed by atoms with Gasteiger partial charge in [0.15, 0.2) is 0 Å². The minimum absolute atomic E-state index is 0.0502. The summed E-state index contributed by atoms with van der Waals surface area (Å²) in [5, 5.41) is 11.2. The first kappa shape index (κ1) is 13.7. The second-order valence-corrected chi connectivity index (χ2v) is 7.82. The third-order valence-electron chi connectivity index (χ3n) is 4.56. The lowest BCUT2D eigenvalue weighted by Gasteiger charge is -2.34. The number of hydrogen-bond donors (Lipinski definition) is 1. The Balaban J connectivity index is 1.72. The van der Waals surface area contributed by atoms with Crippen LogP contribution in [0.5, 0.6) is 0 Å². The fourth-order valence-corrected chi connectivity index (χ4v) is 5.16. The van der Waals surface area contributed by atoms with Gasteiger partial charge < -0.3 is 5.11 Å². The van der Waals surface area contributed by atoms with Gasteiger partial charge in [-0.2, -0.15) is 11.8 Å². The normalized spacial score (nSPS) is 37.2. The molecule has 2 rings (SSSR count). The summed E-state index contributed by atoms with van der Waals surface area (Å²) in [6.45, 7) is 4.69. The molecule has 0 saturated heterocycles. The molecule has 0 aromatic carbocycles. The van der Waals surface area contributed by atoms with Crippen molar-refractivity contribution in [2.75, 3.05) is 5.75 Å². The van der Waals surface area contributed by atoms with Crippen LogP contribution in [-0.4, -0.2) is 22.2 Å². The van der Waals surface area contributed by atoms with E-state index in [1.54, 1.807) is 0 Å². The van der Waals surface area contributed by atoms with Crippen molar-refractivity contribution in [3.63, 3.8) is 0 Å². The quantitative estimate of drug-likeness (QED) is 0.817. The maximum absolute atomic E-state index is 10.3. The Morgan fingerprint density at radius 3 is 2.24 bits per heavy atom. The molecule has 2 fully saturated rings. The Morgan fingerprint density at radius 1 is 1.06 bits per heavy atom. The zero-order valence-corrected chi connectivity index (χ0v) is 12.2. The Morgan fingerprint density at radius 2 is 1.65 bits per heavy atom. The monoisotopic (exact) mass is 256 g/mol. The van der Waals surface area contributed by atoms with Crippen LogP contribution < -0.4 is 0 Å². The molecular weight excluding hydrogens is 228 g/mol. The van der Waals surface area contributed by atoms with Gasteiger partial charge in [-0.3, -0.25) is 0 Å². The van der Waals surface area contributed by atoms with E-state index in [4.69, 9.17) is 0 Å². The maximum Gasteiger partial charge on any atom is 0.0659 e. The van der Waals surface area contributed by atoms with E-state index in [0.717, 1.165) is 22.8 Å². The van der Waals surface area contributed by atoms with Crippen LogP contribution in [0.4, 0.5) is 0 Å². The molecule has 100 valence electrons. The van der Waals surface area contributed by atoms with E-state index in [1.807, 2.05) is 11.8 Å². The van der Waals surface area contributed by atoms with E-state index in [1.165, 1.54) is 44.9 Å². The standard InChI is InChI=1S/C15H28OS/c1-11-7-12(2)9-13(8-11)15(16)10-17-14-5-3-4-6-14/h11-16H,3-10H2,1-2H3. The van der Waals surface area contributed by atoms with Gasteiger partial charge >= 0.3 is 0 Å². The summed E-state index contributed by atoms with van der Waals surface area (Å²) >= 11 is 2.04. The number of hydrogen-bond acceptors (Lipinski definition) is 2. The minimum Gasteiger partial charge on any atom is -0.392 e. The molecule has 1 N–H and O–H groups in total. The number of rotatable bonds is 4. The van der Waals surface area contributed by atoms with Gasteiger partial charge in [0.2, 0.25) is 0 Å². The molecule has 0 aliphatic heterocycles. The van der Waals surface area contributed by atoms with E-state index in [9.17, 15) is 5.11 Å². The number of aliphatic hydroxyl groups excluding tert-OH is 1. The number of thioether (sulfide) groups is 1. The van der Waals surface area contributed by atoms with Crippen molar-refractivity contribution in [3.8, 4) is 0 Å². The Labute approximate surface area is 111 Å². The van der Waals surface area contributed by atoms with Crippen LogP contribution in [0.3, 0.4) is 0 Å². The van der Waals surface area contributed by atoms with Crippen molar-refractivity contribution < 1.29 is 5.11 Å². The number of aliphatic hydroxyl groups is 1. The van der Waals surface area contributed by atoms with Crippen LogP contribution in [0.15, 0.2) is 0 Å². The molecule has 0 radical (unpaired) electrons. The first-order chi connectivity index (χ1) is 8.15. The zero-order valence-electron chi connectivity index (χ0n) is 11.4. The predicted octanol–water partition coefficient (Wildman–Crippen LogP) is 4.10. The van der Waals surface area contributed by atoms with Crippen molar-refractivity contribution in [1.82, 2.24) is 0 Å². The first-order valence-electron chi connectivity index (χ1n) is 7.44. The molecule has 2 aliphatic carbocycles. The highest BCUT2D eigenvalue weighted by Crippen LogP contribution is 2.37. The average molecular weight is 256 g/mol. The van der Waals surface area contributed by atoms with Crippen LogP contribution >= 0.6 is 11.8 Å². The van der Waals surface area contributed by atoms with Gasteiger partial charge in [-0.1, -0.05) is 26.7 Å². The highest BCUT2D eigenvalue weighted by Gasteiger charge is 2.29. The molecule has 2 heteroatoms. The van der Waals surface area contributed by atoms with Crippen molar-refractivity contribution in [2.45, 2.75) is 70.1 Å². The fraction of sp³-hybridized carbons (Fsp3) is 1.00. The lowest BCUT2D eigenvalue weighted by atomic mass is 9.75. The van der Waals surface area contributed by atoms with Crippen LogP contribution in [0, 0.1) is 17.8 Å². The lowest BCUT2D eigenvalue weighted by Crippen LogP contribution is -2.31.